The van der Waals surface area contributed by atoms with Gasteiger partial charge in [0.1, 0.15) is 11.6 Å². The van der Waals surface area contributed by atoms with Crippen LogP contribution in [0.25, 0.3) is 10.9 Å². The van der Waals surface area contributed by atoms with E-state index >= 15 is 0 Å². The Morgan fingerprint density at radius 1 is 1.13 bits per heavy atom. The van der Waals surface area contributed by atoms with E-state index in [1.54, 1.807) is 30.3 Å². The smallest absolute Gasteiger partial charge is 0.282 e. The average Bonchev–Trinajstić information content (AvgIpc) is 2.90. The van der Waals surface area contributed by atoms with Crippen LogP contribution in [0.4, 0.5) is 10.1 Å². The number of amides is 1. The highest BCUT2D eigenvalue weighted by molar-refractivity contribution is 9.10. The van der Waals surface area contributed by atoms with E-state index in [-0.39, 0.29) is 17.9 Å². The Bertz CT molecular complexity index is 1610. The van der Waals surface area contributed by atoms with Crippen molar-refractivity contribution < 1.29 is 18.7 Å². The number of ether oxygens (including phenoxy) is 2. The fourth-order valence-corrected chi connectivity index (χ4v) is 4.71. The normalized spacial score (nSPS) is 11.2. The summed E-state index contributed by atoms with van der Waals surface area (Å²) in [6, 6.07) is 14.7. The van der Waals surface area contributed by atoms with Crippen molar-refractivity contribution >= 4 is 60.6 Å². The standard InChI is InChI=1S/C28H25Br2FN4O4/c1-3-7-25-33-22-11-10-18(29)14-19(22)28(37)35(25)32-15-17-12-20(30)27(24(13-17)38-4-2)39-16-26(36)34-23-9-6-5-8-21(23)31/h5-6,8-15H,3-4,7,16H2,1-2H3,(H,34,36). The Balaban J connectivity index is 1.61. The molecule has 0 fully saturated rings. The van der Waals surface area contributed by atoms with Gasteiger partial charge in [0.25, 0.3) is 11.5 Å². The number of benzene rings is 3. The van der Waals surface area contributed by atoms with Crippen molar-refractivity contribution in [2.75, 3.05) is 18.5 Å². The Morgan fingerprint density at radius 3 is 2.67 bits per heavy atom. The van der Waals surface area contributed by atoms with Gasteiger partial charge in [-0.2, -0.15) is 9.78 Å². The molecule has 0 spiro atoms. The first-order valence-corrected chi connectivity index (χ1v) is 13.8. The minimum absolute atomic E-state index is 0.0648. The first-order valence-electron chi connectivity index (χ1n) is 12.2. The second-order valence-corrected chi connectivity index (χ2v) is 10.2. The summed E-state index contributed by atoms with van der Waals surface area (Å²) in [7, 11) is 0. The molecule has 11 heteroatoms. The third-order valence-corrected chi connectivity index (χ3v) is 6.58. The first-order chi connectivity index (χ1) is 18.8. The first kappa shape index (κ1) is 28.4. The summed E-state index contributed by atoms with van der Waals surface area (Å²) in [5.41, 5.74) is 1.03. The lowest BCUT2D eigenvalue weighted by Crippen LogP contribution is -2.22. The van der Waals surface area contributed by atoms with E-state index < -0.39 is 11.7 Å². The molecular weight excluding hydrogens is 635 g/mol. The van der Waals surface area contributed by atoms with Gasteiger partial charge in [-0.3, -0.25) is 9.59 Å². The van der Waals surface area contributed by atoms with Crippen molar-refractivity contribution in [2.24, 2.45) is 5.10 Å². The molecule has 8 nitrogen and oxygen atoms in total. The lowest BCUT2D eigenvalue weighted by Gasteiger charge is -2.15. The number of hydrogen-bond acceptors (Lipinski definition) is 6. The number of aromatic nitrogens is 2. The van der Waals surface area contributed by atoms with Crippen LogP contribution in [-0.4, -0.2) is 35.0 Å². The minimum atomic E-state index is -0.541. The van der Waals surface area contributed by atoms with E-state index in [9.17, 15) is 14.0 Å². The zero-order valence-corrected chi connectivity index (χ0v) is 24.4. The predicted molar refractivity (Wildman–Crippen MR) is 157 cm³/mol. The summed E-state index contributed by atoms with van der Waals surface area (Å²) in [6.07, 6.45) is 2.91. The van der Waals surface area contributed by atoms with Crippen molar-refractivity contribution in [1.82, 2.24) is 9.66 Å². The Hall–Kier alpha value is -3.57. The SMILES string of the molecule is CCCc1nc2ccc(Br)cc2c(=O)n1N=Cc1cc(Br)c(OCC(=O)Nc2ccccc2F)c(OCC)c1. The van der Waals surface area contributed by atoms with Crippen molar-refractivity contribution in [3.8, 4) is 11.5 Å². The number of nitrogens with zero attached hydrogens (tertiary/aromatic N) is 3. The van der Waals surface area contributed by atoms with Crippen LogP contribution in [0.3, 0.4) is 0 Å². The van der Waals surface area contributed by atoms with Gasteiger partial charge < -0.3 is 14.8 Å². The molecule has 3 aromatic carbocycles. The number of halogens is 3. The molecule has 0 bridgehead atoms. The molecular formula is C28H25Br2FN4O4. The molecule has 0 aliphatic heterocycles. The molecule has 0 atom stereocenters. The lowest BCUT2D eigenvalue weighted by molar-refractivity contribution is -0.118. The van der Waals surface area contributed by atoms with Gasteiger partial charge in [0.15, 0.2) is 18.1 Å². The van der Waals surface area contributed by atoms with Gasteiger partial charge in [0.2, 0.25) is 0 Å². The highest BCUT2D eigenvalue weighted by atomic mass is 79.9. The van der Waals surface area contributed by atoms with Crippen LogP contribution in [0, 0.1) is 5.82 Å². The topological polar surface area (TPSA) is 94.8 Å². The number of rotatable bonds is 10. The number of carbonyl (C=O) groups excluding carboxylic acids is 1. The number of nitrogens with one attached hydrogen (secondary N) is 1. The van der Waals surface area contributed by atoms with Crippen LogP contribution < -0.4 is 20.3 Å². The molecule has 0 unspecified atom stereocenters. The van der Waals surface area contributed by atoms with Crippen molar-refractivity contribution in [2.45, 2.75) is 26.7 Å². The van der Waals surface area contributed by atoms with E-state index in [1.165, 1.54) is 29.1 Å². The molecule has 0 radical (unpaired) electrons. The average molecular weight is 660 g/mol. The maximum atomic E-state index is 13.8. The number of anilines is 1. The largest absolute Gasteiger partial charge is 0.490 e. The highest BCUT2D eigenvalue weighted by Gasteiger charge is 2.15. The van der Waals surface area contributed by atoms with E-state index in [1.807, 2.05) is 19.9 Å². The molecule has 4 rings (SSSR count). The van der Waals surface area contributed by atoms with Crippen LogP contribution in [0.15, 0.2) is 73.4 Å². The number of para-hydroxylation sites is 1. The minimum Gasteiger partial charge on any atom is -0.490 e. The van der Waals surface area contributed by atoms with Gasteiger partial charge in [-0.05, 0) is 77.3 Å². The number of carbonyl (C=O) groups is 1. The third-order valence-electron chi connectivity index (χ3n) is 5.50. The van der Waals surface area contributed by atoms with Gasteiger partial charge in [0.05, 0.1) is 33.9 Å². The fourth-order valence-electron chi connectivity index (χ4n) is 3.78. The Kier molecular flexibility index (Phi) is 9.47. The predicted octanol–water partition coefficient (Wildman–Crippen LogP) is 6.31. The summed E-state index contributed by atoms with van der Waals surface area (Å²) in [5.74, 6) is 0.158. The molecule has 4 aromatic rings. The van der Waals surface area contributed by atoms with Crippen LogP contribution in [0.2, 0.25) is 0 Å². The molecule has 39 heavy (non-hydrogen) atoms. The van der Waals surface area contributed by atoms with Crippen molar-refractivity contribution in [1.29, 1.82) is 0 Å². The lowest BCUT2D eigenvalue weighted by atomic mass is 10.2. The monoisotopic (exact) mass is 658 g/mol. The highest BCUT2D eigenvalue weighted by Crippen LogP contribution is 2.36. The van der Waals surface area contributed by atoms with Gasteiger partial charge in [-0.15, -0.1) is 0 Å². The maximum Gasteiger partial charge on any atom is 0.282 e. The van der Waals surface area contributed by atoms with Gasteiger partial charge in [0, 0.05) is 10.9 Å². The van der Waals surface area contributed by atoms with E-state index in [2.05, 4.69) is 47.3 Å². The molecule has 1 amide bonds. The zero-order valence-electron chi connectivity index (χ0n) is 21.2. The fraction of sp³-hybridized carbons (Fsp3) is 0.214. The third kappa shape index (κ3) is 6.90. The molecule has 1 aromatic heterocycles. The number of aryl methyl sites for hydroxylation is 1. The van der Waals surface area contributed by atoms with Gasteiger partial charge >= 0.3 is 0 Å². The van der Waals surface area contributed by atoms with Crippen LogP contribution >= 0.6 is 31.9 Å². The molecule has 0 aliphatic carbocycles. The Labute approximate surface area is 241 Å². The van der Waals surface area contributed by atoms with E-state index in [0.717, 1.165) is 10.9 Å². The maximum absolute atomic E-state index is 13.8. The summed E-state index contributed by atoms with van der Waals surface area (Å²) in [6.45, 7) is 3.80. The zero-order chi connectivity index (χ0) is 27.9. The van der Waals surface area contributed by atoms with E-state index in [4.69, 9.17) is 9.47 Å². The summed E-state index contributed by atoms with van der Waals surface area (Å²) in [5, 5.41) is 7.39. The van der Waals surface area contributed by atoms with Crippen LogP contribution in [-0.2, 0) is 11.2 Å². The quantitative estimate of drug-likeness (QED) is 0.201. The molecule has 0 saturated heterocycles. The summed E-state index contributed by atoms with van der Waals surface area (Å²) < 4.78 is 27.9. The molecule has 0 saturated carbocycles. The van der Waals surface area contributed by atoms with Crippen LogP contribution in [0.5, 0.6) is 11.5 Å². The molecule has 1 N–H and O–H groups in total. The summed E-state index contributed by atoms with van der Waals surface area (Å²) >= 11 is 6.88. The van der Waals surface area contributed by atoms with Gasteiger partial charge in [-0.25, -0.2) is 9.37 Å². The molecule has 202 valence electrons. The summed E-state index contributed by atoms with van der Waals surface area (Å²) in [4.78, 5) is 30.3. The molecule has 0 aliphatic rings. The second-order valence-electron chi connectivity index (χ2n) is 8.38. The van der Waals surface area contributed by atoms with Gasteiger partial charge in [-0.1, -0.05) is 35.0 Å². The van der Waals surface area contributed by atoms with Crippen molar-refractivity contribution in [3.05, 3.63) is 91.1 Å². The number of hydrogen-bond donors (Lipinski definition) is 1. The number of fused-ring (bicyclic) bond motifs is 1. The molecule has 1 heterocycles. The second kappa shape index (κ2) is 13.0. The van der Waals surface area contributed by atoms with Crippen molar-refractivity contribution in [3.63, 3.8) is 0 Å². The van der Waals surface area contributed by atoms with E-state index in [0.29, 0.717) is 51.3 Å². The van der Waals surface area contributed by atoms with Crippen LogP contribution in [0.1, 0.15) is 31.7 Å². The Morgan fingerprint density at radius 2 is 1.92 bits per heavy atom.